The Kier molecular flexibility index (Phi) is 3.58. The van der Waals surface area contributed by atoms with E-state index in [-0.39, 0.29) is 12.0 Å². The summed E-state index contributed by atoms with van der Waals surface area (Å²) >= 11 is 0. The summed E-state index contributed by atoms with van der Waals surface area (Å²) in [6.07, 6.45) is 2.94. The number of primary amides is 1. The van der Waals surface area contributed by atoms with Gasteiger partial charge < -0.3 is 5.73 Å². The third-order valence-corrected chi connectivity index (χ3v) is 1.74. The Labute approximate surface area is 86.6 Å². The van der Waals surface area contributed by atoms with Crippen LogP contribution in [0.1, 0.15) is 17.5 Å². The van der Waals surface area contributed by atoms with Crippen LogP contribution in [0.4, 0.5) is 4.39 Å². The minimum absolute atomic E-state index is 0.0518. The molecule has 0 aliphatic heterocycles. The largest absolute Gasteiger partial charge is 0.369 e. The van der Waals surface area contributed by atoms with Gasteiger partial charge >= 0.3 is 0 Å². The number of hydrogen-bond donors (Lipinski definition) is 1. The smallest absolute Gasteiger partial charge is 0.221 e. The summed E-state index contributed by atoms with van der Waals surface area (Å²) < 4.78 is 13.2. The molecule has 0 spiro atoms. The van der Waals surface area contributed by atoms with E-state index in [1.807, 2.05) is 6.07 Å². The van der Waals surface area contributed by atoms with Gasteiger partial charge in [0.05, 0.1) is 11.6 Å². The molecule has 1 amide bonds. The second-order valence-corrected chi connectivity index (χ2v) is 2.92. The van der Waals surface area contributed by atoms with Gasteiger partial charge in [0.1, 0.15) is 5.82 Å². The van der Waals surface area contributed by atoms with E-state index < -0.39 is 11.7 Å². The number of rotatable bonds is 3. The molecule has 0 saturated heterocycles. The standard InChI is InChI=1S/C11H9FN2O/c12-10-5-4-8(7-13)6-9(10)2-1-3-11(14)15/h1-2,4-6H,3H2,(H2,14,15). The lowest BCUT2D eigenvalue weighted by Gasteiger charge is -1.96. The third-order valence-electron chi connectivity index (χ3n) is 1.74. The SMILES string of the molecule is N#Cc1ccc(F)c(C=CCC(N)=O)c1. The Morgan fingerprint density at radius 1 is 1.60 bits per heavy atom. The van der Waals surface area contributed by atoms with Crippen molar-refractivity contribution in [2.45, 2.75) is 6.42 Å². The highest BCUT2D eigenvalue weighted by Gasteiger charge is 1.99. The van der Waals surface area contributed by atoms with Crippen molar-refractivity contribution in [3.8, 4) is 6.07 Å². The molecule has 1 rings (SSSR count). The number of nitriles is 1. The van der Waals surface area contributed by atoms with Gasteiger partial charge in [-0.05, 0) is 18.2 Å². The maximum atomic E-state index is 13.2. The van der Waals surface area contributed by atoms with Gasteiger partial charge in [-0.1, -0.05) is 12.2 Å². The van der Waals surface area contributed by atoms with Gasteiger partial charge in [0.2, 0.25) is 5.91 Å². The van der Waals surface area contributed by atoms with Gasteiger partial charge in [0.25, 0.3) is 0 Å². The summed E-state index contributed by atoms with van der Waals surface area (Å²) in [4.78, 5) is 10.4. The van der Waals surface area contributed by atoms with E-state index in [9.17, 15) is 9.18 Å². The highest BCUT2D eigenvalue weighted by atomic mass is 19.1. The minimum Gasteiger partial charge on any atom is -0.369 e. The number of benzene rings is 1. The van der Waals surface area contributed by atoms with Crippen LogP contribution < -0.4 is 5.73 Å². The predicted octanol–water partition coefficient (Wildman–Crippen LogP) is 1.59. The molecule has 0 aromatic heterocycles. The fourth-order valence-corrected chi connectivity index (χ4v) is 1.04. The van der Waals surface area contributed by atoms with Crippen molar-refractivity contribution < 1.29 is 9.18 Å². The average molecular weight is 204 g/mol. The number of carbonyl (C=O) groups is 1. The highest BCUT2D eigenvalue weighted by molar-refractivity contribution is 5.76. The summed E-state index contributed by atoms with van der Waals surface area (Å²) in [6.45, 7) is 0. The van der Waals surface area contributed by atoms with Gasteiger partial charge in [-0.2, -0.15) is 5.26 Å². The number of carbonyl (C=O) groups excluding carboxylic acids is 1. The summed E-state index contributed by atoms with van der Waals surface area (Å²) in [5, 5.41) is 8.60. The Balaban J connectivity index is 2.89. The lowest BCUT2D eigenvalue weighted by atomic mass is 10.1. The molecular formula is C11H9FN2O. The molecule has 3 nitrogen and oxygen atoms in total. The molecule has 0 unspecified atom stereocenters. The van der Waals surface area contributed by atoms with E-state index in [0.717, 1.165) is 0 Å². The quantitative estimate of drug-likeness (QED) is 0.812. The zero-order valence-electron chi connectivity index (χ0n) is 7.90. The van der Waals surface area contributed by atoms with Gasteiger partial charge in [-0.25, -0.2) is 4.39 Å². The lowest BCUT2D eigenvalue weighted by molar-refractivity contribution is -0.117. The van der Waals surface area contributed by atoms with Crippen LogP contribution in [0.25, 0.3) is 6.08 Å². The molecule has 0 saturated carbocycles. The molecule has 4 heteroatoms. The second kappa shape index (κ2) is 4.91. The van der Waals surface area contributed by atoms with E-state index in [4.69, 9.17) is 11.0 Å². The highest BCUT2D eigenvalue weighted by Crippen LogP contribution is 2.11. The van der Waals surface area contributed by atoms with Crippen LogP contribution in [0, 0.1) is 17.1 Å². The minimum atomic E-state index is -0.483. The molecule has 0 atom stereocenters. The van der Waals surface area contributed by atoms with E-state index in [0.29, 0.717) is 5.56 Å². The molecule has 0 radical (unpaired) electrons. The zero-order valence-corrected chi connectivity index (χ0v) is 7.90. The average Bonchev–Trinajstić information content (AvgIpc) is 2.20. The molecule has 1 aromatic rings. The molecule has 2 N–H and O–H groups in total. The van der Waals surface area contributed by atoms with Gasteiger partial charge in [0, 0.05) is 12.0 Å². The molecule has 1 aromatic carbocycles. The van der Waals surface area contributed by atoms with Crippen molar-refractivity contribution in [3.63, 3.8) is 0 Å². The molecule has 0 heterocycles. The second-order valence-electron chi connectivity index (χ2n) is 2.92. The van der Waals surface area contributed by atoms with Crippen LogP contribution in [0.3, 0.4) is 0 Å². The van der Waals surface area contributed by atoms with Gasteiger partial charge in [-0.15, -0.1) is 0 Å². The van der Waals surface area contributed by atoms with Crippen LogP contribution in [0.15, 0.2) is 24.3 Å². The van der Waals surface area contributed by atoms with E-state index in [1.54, 1.807) is 0 Å². The van der Waals surface area contributed by atoms with Crippen LogP contribution in [0.2, 0.25) is 0 Å². The Bertz CT molecular complexity index is 446. The van der Waals surface area contributed by atoms with Gasteiger partial charge in [0.15, 0.2) is 0 Å². The normalized spacial score (nSPS) is 10.1. The van der Waals surface area contributed by atoms with Gasteiger partial charge in [-0.3, -0.25) is 4.79 Å². The van der Waals surface area contributed by atoms with Crippen molar-refractivity contribution in [3.05, 3.63) is 41.2 Å². The van der Waals surface area contributed by atoms with Crippen LogP contribution >= 0.6 is 0 Å². The van der Waals surface area contributed by atoms with Crippen molar-refractivity contribution in [1.82, 2.24) is 0 Å². The summed E-state index contributed by atoms with van der Waals surface area (Å²) in [5.74, 6) is -0.919. The van der Waals surface area contributed by atoms with E-state index in [2.05, 4.69) is 0 Å². The summed E-state index contributed by atoms with van der Waals surface area (Å²) in [5.41, 5.74) is 5.56. The number of halogens is 1. The maximum absolute atomic E-state index is 13.2. The van der Waals surface area contributed by atoms with Crippen molar-refractivity contribution in [1.29, 1.82) is 5.26 Å². The fraction of sp³-hybridized carbons (Fsp3) is 0.0909. The summed E-state index contributed by atoms with van der Waals surface area (Å²) in [7, 11) is 0. The molecule has 76 valence electrons. The number of hydrogen-bond acceptors (Lipinski definition) is 2. The first-order valence-corrected chi connectivity index (χ1v) is 4.28. The van der Waals surface area contributed by atoms with E-state index in [1.165, 1.54) is 30.4 Å². The van der Waals surface area contributed by atoms with Crippen molar-refractivity contribution in [2.24, 2.45) is 5.73 Å². The molecule has 0 aliphatic rings. The molecular weight excluding hydrogens is 195 g/mol. The first kappa shape index (κ1) is 10.9. The van der Waals surface area contributed by atoms with E-state index >= 15 is 0 Å². The predicted molar refractivity (Wildman–Crippen MR) is 54.0 cm³/mol. The lowest BCUT2D eigenvalue weighted by Crippen LogP contribution is -2.07. The number of nitrogens with zero attached hydrogens (tertiary/aromatic N) is 1. The summed E-state index contributed by atoms with van der Waals surface area (Å²) in [6, 6.07) is 5.91. The number of amides is 1. The monoisotopic (exact) mass is 204 g/mol. The third kappa shape index (κ3) is 3.24. The number of nitrogens with two attached hydrogens (primary N) is 1. The first-order valence-electron chi connectivity index (χ1n) is 4.28. The topological polar surface area (TPSA) is 66.9 Å². The maximum Gasteiger partial charge on any atom is 0.221 e. The van der Waals surface area contributed by atoms with Crippen LogP contribution in [0.5, 0.6) is 0 Å². The molecule has 0 bridgehead atoms. The molecule has 0 fully saturated rings. The van der Waals surface area contributed by atoms with Crippen LogP contribution in [-0.4, -0.2) is 5.91 Å². The fourth-order valence-electron chi connectivity index (χ4n) is 1.04. The van der Waals surface area contributed by atoms with Crippen molar-refractivity contribution >= 4 is 12.0 Å². The van der Waals surface area contributed by atoms with Crippen molar-refractivity contribution in [2.75, 3.05) is 0 Å². The Hall–Kier alpha value is -2.15. The van der Waals surface area contributed by atoms with Crippen LogP contribution in [-0.2, 0) is 4.79 Å². The Morgan fingerprint density at radius 2 is 2.33 bits per heavy atom. The first-order chi connectivity index (χ1) is 7.13. The Morgan fingerprint density at radius 3 is 2.93 bits per heavy atom. The zero-order chi connectivity index (χ0) is 11.3. The molecule has 15 heavy (non-hydrogen) atoms. The molecule has 0 aliphatic carbocycles.